The first-order valence-electron chi connectivity index (χ1n) is 5.91. The van der Waals surface area contributed by atoms with Crippen LogP contribution < -0.4 is 11.1 Å². The van der Waals surface area contributed by atoms with E-state index in [2.05, 4.69) is 5.32 Å². The topological polar surface area (TPSA) is 75.4 Å². The fourth-order valence-electron chi connectivity index (χ4n) is 1.52. The van der Waals surface area contributed by atoms with Crippen molar-refractivity contribution in [1.82, 2.24) is 4.90 Å². The Morgan fingerprint density at radius 2 is 2.11 bits per heavy atom. The lowest BCUT2D eigenvalue weighted by Crippen LogP contribution is -2.40. The number of amides is 2. The second-order valence-electron chi connectivity index (χ2n) is 4.38. The van der Waals surface area contributed by atoms with Gasteiger partial charge in [-0.1, -0.05) is 0 Å². The molecule has 1 aromatic carbocycles. The van der Waals surface area contributed by atoms with Gasteiger partial charge in [-0.3, -0.25) is 9.59 Å². The minimum atomic E-state index is -0.629. The third-order valence-electron chi connectivity index (χ3n) is 2.84. The van der Waals surface area contributed by atoms with E-state index in [4.69, 9.17) is 5.73 Å². The van der Waals surface area contributed by atoms with Crippen LogP contribution in [0.3, 0.4) is 0 Å². The van der Waals surface area contributed by atoms with Gasteiger partial charge in [0.1, 0.15) is 5.82 Å². The van der Waals surface area contributed by atoms with Crippen molar-refractivity contribution < 1.29 is 14.0 Å². The fraction of sp³-hybridized carbons (Fsp3) is 0.385. The van der Waals surface area contributed by atoms with Gasteiger partial charge in [0.15, 0.2) is 0 Å². The number of carbonyl (C=O) groups excluding carboxylic acids is 2. The van der Waals surface area contributed by atoms with Crippen molar-refractivity contribution in [2.75, 3.05) is 18.9 Å². The first-order valence-corrected chi connectivity index (χ1v) is 5.91. The SMILES string of the molecule is CC(=O)Nc1ccc(F)c(C(=O)N(C)C(C)CN)c1. The molecule has 3 N–H and O–H groups in total. The Balaban J connectivity index is 3.04. The lowest BCUT2D eigenvalue weighted by Gasteiger charge is -2.24. The quantitative estimate of drug-likeness (QED) is 0.860. The minimum Gasteiger partial charge on any atom is -0.338 e. The van der Waals surface area contributed by atoms with Gasteiger partial charge in [-0.2, -0.15) is 0 Å². The second-order valence-corrected chi connectivity index (χ2v) is 4.38. The summed E-state index contributed by atoms with van der Waals surface area (Å²) >= 11 is 0. The van der Waals surface area contributed by atoms with Crippen molar-refractivity contribution in [3.05, 3.63) is 29.6 Å². The molecule has 0 aliphatic rings. The summed E-state index contributed by atoms with van der Waals surface area (Å²) in [4.78, 5) is 24.4. The third kappa shape index (κ3) is 3.75. The summed E-state index contributed by atoms with van der Waals surface area (Å²) < 4.78 is 13.7. The molecule has 6 heteroatoms. The Hall–Kier alpha value is -1.95. The molecule has 0 bridgehead atoms. The zero-order chi connectivity index (χ0) is 14.6. The van der Waals surface area contributed by atoms with E-state index >= 15 is 0 Å². The highest BCUT2D eigenvalue weighted by molar-refractivity contribution is 5.97. The number of halogens is 1. The summed E-state index contributed by atoms with van der Waals surface area (Å²) in [6.07, 6.45) is 0. The molecule has 5 nitrogen and oxygen atoms in total. The smallest absolute Gasteiger partial charge is 0.256 e. The molecule has 0 heterocycles. The Bertz CT molecular complexity index is 491. The van der Waals surface area contributed by atoms with Gasteiger partial charge in [-0.05, 0) is 25.1 Å². The standard InChI is InChI=1S/C13H18FN3O2/c1-8(7-15)17(3)13(19)11-6-10(16-9(2)18)4-5-12(11)14/h4-6,8H,7,15H2,1-3H3,(H,16,18). The fourth-order valence-corrected chi connectivity index (χ4v) is 1.52. The highest BCUT2D eigenvalue weighted by Crippen LogP contribution is 2.17. The van der Waals surface area contributed by atoms with E-state index < -0.39 is 11.7 Å². The molecule has 0 saturated carbocycles. The summed E-state index contributed by atoms with van der Waals surface area (Å²) in [7, 11) is 1.56. The van der Waals surface area contributed by atoms with Crippen molar-refractivity contribution >= 4 is 17.5 Å². The van der Waals surface area contributed by atoms with Crippen LogP contribution in [0.25, 0.3) is 0 Å². The summed E-state index contributed by atoms with van der Waals surface area (Å²) in [5.41, 5.74) is 5.77. The van der Waals surface area contributed by atoms with Gasteiger partial charge in [0, 0.05) is 32.2 Å². The zero-order valence-corrected chi connectivity index (χ0v) is 11.2. The lowest BCUT2D eigenvalue weighted by atomic mass is 10.1. The largest absolute Gasteiger partial charge is 0.338 e. The molecule has 0 saturated heterocycles. The first-order chi connectivity index (χ1) is 8.86. The van der Waals surface area contributed by atoms with E-state index in [0.29, 0.717) is 5.69 Å². The molecule has 0 spiro atoms. The maximum Gasteiger partial charge on any atom is 0.256 e. The van der Waals surface area contributed by atoms with Gasteiger partial charge < -0.3 is 16.0 Å². The first kappa shape index (κ1) is 15.1. The average molecular weight is 267 g/mol. The van der Waals surface area contributed by atoms with E-state index in [1.807, 2.05) is 0 Å². The van der Waals surface area contributed by atoms with E-state index in [0.717, 1.165) is 6.07 Å². The number of likely N-dealkylation sites (N-methyl/N-ethyl adjacent to an activating group) is 1. The number of benzene rings is 1. The van der Waals surface area contributed by atoms with Crippen molar-refractivity contribution in [2.24, 2.45) is 5.73 Å². The summed E-state index contributed by atoms with van der Waals surface area (Å²) in [6.45, 7) is 3.40. The Labute approximate surface area is 111 Å². The maximum absolute atomic E-state index is 13.7. The average Bonchev–Trinajstić information content (AvgIpc) is 2.37. The summed E-state index contributed by atoms with van der Waals surface area (Å²) in [5, 5.41) is 2.51. The van der Waals surface area contributed by atoms with Crippen LogP contribution in [0.5, 0.6) is 0 Å². The maximum atomic E-state index is 13.7. The molecule has 1 unspecified atom stereocenters. The number of carbonyl (C=O) groups is 2. The van der Waals surface area contributed by atoms with Gasteiger partial charge >= 0.3 is 0 Å². The molecule has 0 aromatic heterocycles. The Morgan fingerprint density at radius 3 is 2.63 bits per heavy atom. The molecule has 1 rings (SSSR count). The molecule has 0 aliphatic carbocycles. The molecular formula is C13H18FN3O2. The monoisotopic (exact) mass is 267 g/mol. The number of hydrogen-bond acceptors (Lipinski definition) is 3. The molecule has 1 aromatic rings. The summed E-state index contributed by atoms with van der Waals surface area (Å²) in [6, 6.07) is 3.68. The Kier molecular flexibility index (Phi) is 5.00. The predicted octanol–water partition coefficient (Wildman–Crippen LogP) is 1.20. The number of nitrogens with zero attached hydrogens (tertiary/aromatic N) is 1. The molecular weight excluding hydrogens is 249 g/mol. The molecule has 1 atom stereocenters. The zero-order valence-electron chi connectivity index (χ0n) is 11.2. The van der Waals surface area contributed by atoms with Crippen molar-refractivity contribution in [1.29, 1.82) is 0 Å². The minimum absolute atomic E-state index is 0.0888. The van der Waals surface area contributed by atoms with Gasteiger partial charge in [-0.15, -0.1) is 0 Å². The second kappa shape index (κ2) is 6.29. The van der Waals surface area contributed by atoms with Gasteiger partial charge in [0.05, 0.1) is 5.56 Å². The number of anilines is 1. The van der Waals surface area contributed by atoms with Crippen LogP contribution in [0.2, 0.25) is 0 Å². The number of rotatable bonds is 4. The molecule has 0 aliphatic heterocycles. The predicted molar refractivity (Wildman–Crippen MR) is 71.3 cm³/mol. The van der Waals surface area contributed by atoms with Crippen LogP contribution >= 0.6 is 0 Å². The van der Waals surface area contributed by atoms with Crippen molar-refractivity contribution in [3.8, 4) is 0 Å². The normalized spacial score (nSPS) is 11.8. The summed E-state index contributed by atoms with van der Waals surface area (Å²) in [5.74, 6) is -1.38. The van der Waals surface area contributed by atoms with Crippen LogP contribution in [-0.4, -0.2) is 36.3 Å². The molecule has 104 valence electrons. The molecule has 0 fully saturated rings. The van der Waals surface area contributed by atoms with Crippen LogP contribution in [-0.2, 0) is 4.79 Å². The number of nitrogens with one attached hydrogen (secondary N) is 1. The number of hydrogen-bond donors (Lipinski definition) is 2. The van der Waals surface area contributed by atoms with Crippen LogP contribution in [0.15, 0.2) is 18.2 Å². The molecule has 0 radical (unpaired) electrons. The Morgan fingerprint density at radius 1 is 1.47 bits per heavy atom. The van der Waals surface area contributed by atoms with Crippen LogP contribution in [0.1, 0.15) is 24.2 Å². The highest BCUT2D eigenvalue weighted by atomic mass is 19.1. The highest BCUT2D eigenvalue weighted by Gasteiger charge is 2.20. The molecule has 2 amide bonds. The molecule has 19 heavy (non-hydrogen) atoms. The van der Waals surface area contributed by atoms with E-state index in [9.17, 15) is 14.0 Å². The van der Waals surface area contributed by atoms with Crippen LogP contribution in [0, 0.1) is 5.82 Å². The van der Waals surface area contributed by atoms with Gasteiger partial charge in [0.2, 0.25) is 5.91 Å². The van der Waals surface area contributed by atoms with Gasteiger partial charge in [-0.25, -0.2) is 4.39 Å². The van der Waals surface area contributed by atoms with Crippen molar-refractivity contribution in [3.63, 3.8) is 0 Å². The van der Waals surface area contributed by atoms with E-state index in [-0.39, 0.29) is 24.1 Å². The van der Waals surface area contributed by atoms with E-state index in [1.165, 1.54) is 24.0 Å². The van der Waals surface area contributed by atoms with E-state index in [1.54, 1.807) is 14.0 Å². The van der Waals surface area contributed by atoms with Crippen molar-refractivity contribution in [2.45, 2.75) is 19.9 Å². The lowest BCUT2D eigenvalue weighted by molar-refractivity contribution is -0.114. The van der Waals surface area contributed by atoms with Gasteiger partial charge in [0.25, 0.3) is 5.91 Å². The van der Waals surface area contributed by atoms with Crippen LogP contribution in [0.4, 0.5) is 10.1 Å². The number of nitrogens with two attached hydrogens (primary N) is 1. The third-order valence-corrected chi connectivity index (χ3v) is 2.84.